The molecule has 0 aliphatic carbocycles. The van der Waals surface area contributed by atoms with Crippen LogP contribution in [0, 0.1) is 0 Å². The van der Waals surface area contributed by atoms with Gasteiger partial charge >= 0.3 is 0 Å². The van der Waals surface area contributed by atoms with Gasteiger partial charge in [0.1, 0.15) is 5.82 Å². The normalized spacial score (nSPS) is 14.8. The molecule has 1 aromatic heterocycles. The monoisotopic (exact) mass is 387 g/mol. The van der Waals surface area contributed by atoms with Crippen molar-refractivity contribution in [2.24, 2.45) is 0 Å². The second-order valence-electron chi connectivity index (χ2n) is 7.36. The number of aryl methyl sites for hydroxylation is 1. The molecule has 29 heavy (non-hydrogen) atoms. The number of nitrogens with zero attached hydrogens (tertiary/aromatic N) is 4. The summed E-state index contributed by atoms with van der Waals surface area (Å²) in [5, 5.41) is 3.47. The maximum absolute atomic E-state index is 4.89. The third-order valence-corrected chi connectivity index (χ3v) is 5.57. The molecule has 1 aliphatic rings. The number of rotatable bonds is 6. The van der Waals surface area contributed by atoms with Crippen molar-refractivity contribution in [1.82, 2.24) is 14.9 Å². The van der Waals surface area contributed by atoms with E-state index in [2.05, 4.69) is 77.5 Å². The van der Waals surface area contributed by atoms with E-state index in [0.29, 0.717) is 5.95 Å². The summed E-state index contributed by atoms with van der Waals surface area (Å²) in [6.07, 6.45) is 0.966. The summed E-state index contributed by atoms with van der Waals surface area (Å²) in [5.41, 5.74) is 4.39. The van der Waals surface area contributed by atoms with Crippen LogP contribution in [0.1, 0.15) is 19.4 Å². The zero-order valence-corrected chi connectivity index (χ0v) is 17.3. The minimum absolute atomic E-state index is 0.653. The van der Waals surface area contributed by atoms with Crippen LogP contribution in [0.5, 0.6) is 0 Å². The average Bonchev–Trinajstić information content (AvgIpc) is 2.80. The lowest BCUT2D eigenvalue weighted by molar-refractivity contribution is 0.270. The Balaban J connectivity index is 1.69. The van der Waals surface area contributed by atoms with Gasteiger partial charge in [-0.3, -0.25) is 0 Å². The number of anilines is 3. The average molecular weight is 388 g/mol. The van der Waals surface area contributed by atoms with Crippen LogP contribution >= 0.6 is 0 Å². The summed E-state index contributed by atoms with van der Waals surface area (Å²) >= 11 is 0. The first-order valence-corrected chi connectivity index (χ1v) is 10.5. The fourth-order valence-electron chi connectivity index (χ4n) is 3.77. The molecule has 0 amide bonds. The molecule has 5 nitrogen and oxygen atoms in total. The molecule has 1 fully saturated rings. The zero-order valence-electron chi connectivity index (χ0n) is 17.3. The van der Waals surface area contributed by atoms with Crippen molar-refractivity contribution in [3.05, 3.63) is 66.2 Å². The van der Waals surface area contributed by atoms with Crippen molar-refractivity contribution in [3.8, 4) is 11.3 Å². The van der Waals surface area contributed by atoms with Gasteiger partial charge in [0.2, 0.25) is 5.95 Å². The van der Waals surface area contributed by atoms with Gasteiger partial charge in [-0.2, -0.15) is 4.98 Å². The van der Waals surface area contributed by atoms with Gasteiger partial charge in [-0.25, -0.2) is 4.98 Å². The van der Waals surface area contributed by atoms with E-state index in [1.807, 2.05) is 12.1 Å². The highest BCUT2D eigenvalue weighted by molar-refractivity contribution is 5.67. The second kappa shape index (κ2) is 9.05. The predicted octanol–water partition coefficient (Wildman–Crippen LogP) is 4.59. The summed E-state index contributed by atoms with van der Waals surface area (Å²) < 4.78 is 0. The minimum Gasteiger partial charge on any atom is -0.354 e. The number of benzene rings is 2. The molecule has 2 heterocycles. The van der Waals surface area contributed by atoms with Crippen LogP contribution in [0.4, 0.5) is 17.5 Å². The molecule has 3 aromatic rings. The first kappa shape index (κ1) is 19.4. The third kappa shape index (κ3) is 4.57. The van der Waals surface area contributed by atoms with Crippen molar-refractivity contribution in [2.75, 3.05) is 42.9 Å². The maximum Gasteiger partial charge on any atom is 0.229 e. The van der Waals surface area contributed by atoms with Crippen LogP contribution in [-0.2, 0) is 6.42 Å². The van der Waals surface area contributed by atoms with Crippen molar-refractivity contribution in [1.29, 1.82) is 0 Å². The highest BCUT2D eigenvalue weighted by Gasteiger charge is 2.19. The largest absolute Gasteiger partial charge is 0.354 e. The van der Waals surface area contributed by atoms with Crippen molar-refractivity contribution >= 4 is 17.5 Å². The predicted molar refractivity (Wildman–Crippen MR) is 121 cm³/mol. The van der Waals surface area contributed by atoms with E-state index < -0.39 is 0 Å². The van der Waals surface area contributed by atoms with E-state index in [1.165, 1.54) is 5.56 Å². The highest BCUT2D eigenvalue weighted by Crippen LogP contribution is 2.26. The fraction of sp³-hybridized carbons (Fsp3) is 0.333. The summed E-state index contributed by atoms with van der Waals surface area (Å²) in [4.78, 5) is 14.6. The molecule has 0 atom stereocenters. The van der Waals surface area contributed by atoms with Gasteiger partial charge in [0, 0.05) is 43.5 Å². The van der Waals surface area contributed by atoms with Gasteiger partial charge < -0.3 is 15.1 Å². The molecule has 1 saturated heterocycles. The number of hydrogen-bond acceptors (Lipinski definition) is 5. The lowest BCUT2D eigenvalue weighted by Gasteiger charge is -2.35. The van der Waals surface area contributed by atoms with E-state index in [4.69, 9.17) is 9.97 Å². The zero-order chi connectivity index (χ0) is 20.1. The Kier molecular flexibility index (Phi) is 6.06. The second-order valence-corrected chi connectivity index (χ2v) is 7.36. The summed E-state index contributed by atoms with van der Waals surface area (Å²) in [7, 11) is 0. The Morgan fingerprint density at radius 2 is 1.59 bits per heavy atom. The van der Waals surface area contributed by atoms with E-state index >= 15 is 0 Å². The molecule has 5 heteroatoms. The molecule has 1 N–H and O–H groups in total. The summed E-state index contributed by atoms with van der Waals surface area (Å²) in [6, 6.07) is 20.8. The fourth-order valence-corrected chi connectivity index (χ4v) is 3.77. The lowest BCUT2D eigenvalue weighted by atomic mass is 10.1. The summed E-state index contributed by atoms with van der Waals surface area (Å²) in [5.74, 6) is 1.64. The third-order valence-electron chi connectivity index (χ3n) is 5.57. The number of likely N-dealkylation sites (N-methyl/N-ethyl adjacent to an activating group) is 1. The summed E-state index contributed by atoms with van der Waals surface area (Å²) in [6.45, 7) is 9.62. The number of aromatic nitrogens is 2. The quantitative estimate of drug-likeness (QED) is 0.670. The SMILES string of the molecule is CCc1ccccc1Nc1nc(-c2ccccc2)cc(N2CCN(CC)CC2)n1. The van der Waals surface area contributed by atoms with Gasteiger partial charge in [-0.1, -0.05) is 62.4 Å². The van der Waals surface area contributed by atoms with Crippen LogP contribution in [0.25, 0.3) is 11.3 Å². The highest BCUT2D eigenvalue weighted by atomic mass is 15.3. The van der Waals surface area contributed by atoms with Crippen molar-refractivity contribution < 1.29 is 0 Å². The Morgan fingerprint density at radius 1 is 0.862 bits per heavy atom. The number of piperazine rings is 1. The van der Waals surface area contributed by atoms with Gasteiger partial charge in [0.25, 0.3) is 0 Å². The van der Waals surface area contributed by atoms with Gasteiger partial charge in [-0.05, 0) is 24.6 Å². The molecule has 0 unspecified atom stereocenters. The molecule has 150 valence electrons. The van der Waals surface area contributed by atoms with Crippen molar-refractivity contribution in [3.63, 3.8) is 0 Å². The van der Waals surface area contributed by atoms with Crippen molar-refractivity contribution in [2.45, 2.75) is 20.3 Å². The van der Waals surface area contributed by atoms with Gasteiger partial charge in [0.15, 0.2) is 0 Å². The first-order chi connectivity index (χ1) is 14.3. The van der Waals surface area contributed by atoms with Crippen LogP contribution in [-0.4, -0.2) is 47.6 Å². The van der Waals surface area contributed by atoms with Gasteiger partial charge in [0.05, 0.1) is 5.69 Å². The minimum atomic E-state index is 0.653. The van der Waals surface area contributed by atoms with E-state index in [1.54, 1.807) is 0 Å². The maximum atomic E-state index is 4.89. The molecule has 2 aromatic carbocycles. The van der Waals surface area contributed by atoms with Crippen LogP contribution in [0.2, 0.25) is 0 Å². The molecule has 0 saturated carbocycles. The molecule has 0 radical (unpaired) electrons. The number of nitrogens with one attached hydrogen (secondary N) is 1. The Bertz CT molecular complexity index is 933. The van der Waals surface area contributed by atoms with E-state index in [0.717, 1.165) is 61.9 Å². The van der Waals surface area contributed by atoms with E-state index in [9.17, 15) is 0 Å². The van der Waals surface area contributed by atoms with Gasteiger partial charge in [-0.15, -0.1) is 0 Å². The van der Waals surface area contributed by atoms with E-state index in [-0.39, 0.29) is 0 Å². The lowest BCUT2D eigenvalue weighted by Crippen LogP contribution is -2.46. The Hall–Kier alpha value is -2.92. The van der Waals surface area contributed by atoms with Crippen LogP contribution < -0.4 is 10.2 Å². The van der Waals surface area contributed by atoms with Crippen LogP contribution in [0.15, 0.2) is 60.7 Å². The number of hydrogen-bond donors (Lipinski definition) is 1. The molecule has 1 aliphatic heterocycles. The molecular weight excluding hydrogens is 358 g/mol. The number of para-hydroxylation sites is 1. The van der Waals surface area contributed by atoms with Crippen LogP contribution in [0.3, 0.4) is 0 Å². The Labute approximate surface area is 173 Å². The smallest absolute Gasteiger partial charge is 0.229 e. The molecule has 0 bridgehead atoms. The molecule has 0 spiro atoms. The Morgan fingerprint density at radius 3 is 2.31 bits per heavy atom. The molecule has 4 rings (SSSR count). The first-order valence-electron chi connectivity index (χ1n) is 10.5. The topological polar surface area (TPSA) is 44.3 Å². The standard InChI is InChI=1S/C24H29N5/c1-3-19-10-8-9-13-21(19)25-24-26-22(20-11-6-5-7-12-20)18-23(27-24)29-16-14-28(4-2)15-17-29/h5-13,18H,3-4,14-17H2,1-2H3,(H,25,26,27). The molecular formula is C24H29N5.